The first-order valence-corrected chi connectivity index (χ1v) is 9.99. The van der Waals surface area contributed by atoms with Crippen LogP contribution in [-0.4, -0.2) is 18.1 Å². The number of aryl methyl sites for hydroxylation is 1. The van der Waals surface area contributed by atoms with Gasteiger partial charge >= 0.3 is 12.1 Å². The van der Waals surface area contributed by atoms with Crippen molar-refractivity contribution in [3.63, 3.8) is 0 Å². The molecule has 0 radical (unpaired) electrons. The molecule has 0 amide bonds. The standard InChI is InChI=1S/C21H17ClF3NO3S/c1-12-18(11-29-17-8-3-13(9-16(17)22)10-19(27)28-2)30-20(26-12)14-4-6-15(7-5-14)21(23,24)25/h3-9H,10-11H2,1-2H3. The van der Waals surface area contributed by atoms with E-state index in [1.165, 1.54) is 30.6 Å². The van der Waals surface area contributed by atoms with Crippen molar-refractivity contribution in [2.75, 3.05) is 7.11 Å². The van der Waals surface area contributed by atoms with Gasteiger partial charge in [-0.05, 0) is 36.8 Å². The number of halogens is 4. The molecule has 0 aliphatic carbocycles. The van der Waals surface area contributed by atoms with Crippen LogP contribution >= 0.6 is 22.9 Å². The van der Waals surface area contributed by atoms with E-state index in [9.17, 15) is 18.0 Å². The van der Waals surface area contributed by atoms with Gasteiger partial charge in [0.05, 0.1) is 34.7 Å². The summed E-state index contributed by atoms with van der Waals surface area (Å²) < 4.78 is 48.6. The molecule has 9 heteroatoms. The van der Waals surface area contributed by atoms with Gasteiger partial charge in [0.15, 0.2) is 0 Å². The number of carbonyl (C=O) groups excluding carboxylic acids is 1. The molecule has 0 bridgehead atoms. The maximum Gasteiger partial charge on any atom is 0.416 e. The van der Waals surface area contributed by atoms with Gasteiger partial charge in [-0.1, -0.05) is 29.8 Å². The number of hydrogen-bond acceptors (Lipinski definition) is 5. The number of benzene rings is 2. The fraction of sp³-hybridized carbons (Fsp3) is 0.238. The zero-order chi connectivity index (χ0) is 21.9. The Kier molecular flexibility index (Phi) is 6.67. The number of carbonyl (C=O) groups is 1. The molecule has 3 aromatic rings. The molecule has 1 heterocycles. The molecule has 0 saturated heterocycles. The summed E-state index contributed by atoms with van der Waals surface area (Å²) in [7, 11) is 1.32. The maximum atomic E-state index is 12.7. The van der Waals surface area contributed by atoms with Crippen molar-refractivity contribution in [1.82, 2.24) is 4.98 Å². The number of alkyl halides is 3. The molecule has 0 atom stereocenters. The number of rotatable bonds is 6. The second kappa shape index (κ2) is 9.06. The van der Waals surface area contributed by atoms with Crippen molar-refractivity contribution in [1.29, 1.82) is 0 Å². The Labute approximate surface area is 180 Å². The van der Waals surface area contributed by atoms with Crippen LogP contribution in [0.3, 0.4) is 0 Å². The SMILES string of the molecule is COC(=O)Cc1ccc(OCc2sc(-c3ccc(C(F)(F)F)cc3)nc2C)c(Cl)c1. The van der Waals surface area contributed by atoms with Crippen molar-refractivity contribution in [2.45, 2.75) is 26.1 Å². The van der Waals surface area contributed by atoms with Gasteiger partial charge in [-0.25, -0.2) is 4.98 Å². The lowest BCUT2D eigenvalue weighted by Gasteiger charge is -2.09. The predicted octanol–water partition coefficient (Wildman–Crippen LogP) is 6.09. The Bertz CT molecular complexity index is 1050. The van der Waals surface area contributed by atoms with Gasteiger partial charge in [-0.3, -0.25) is 4.79 Å². The normalized spacial score (nSPS) is 11.4. The zero-order valence-electron chi connectivity index (χ0n) is 16.0. The number of nitrogens with zero attached hydrogens (tertiary/aromatic N) is 1. The van der Waals surface area contributed by atoms with E-state index in [-0.39, 0.29) is 19.0 Å². The first-order valence-electron chi connectivity index (χ1n) is 8.79. The number of aromatic nitrogens is 1. The molecule has 0 fully saturated rings. The largest absolute Gasteiger partial charge is 0.486 e. The maximum absolute atomic E-state index is 12.7. The van der Waals surface area contributed by atoms with Crippen LogP contribution < -0.4 is 4.74 Å². The second-order valence-electron chi connectivity index (χ2n) is 6.41. The molecule has 0 aliphatic heterocycles. The third-order valence-corrected chi connectivity index (χ3v) is 5.76. The highest BCUT2D eigenvalue weighted by Gasteiger charge is 2.30. The molecule has 0 unspecified atom stereocenters. The number of hydrogen-bond donors (Lipinski definition) is 0. The minimum Gasteiger partial charge on any atom is -0.486 e. The van der Waals surface area contributed by atoms with E-state index < -0.39 is 11.7 Å². The van der Waals surface area contributed by atoms with E-state index in [1.807, 2.05) is 6.92 Å². The summed E-state index contributed by atoms with van der Waals surface area (Å²) in [5, 5.41) is 0.973. The van der Waals surface area contributed by atoms with Crippen LogP contribution in [0.15, 0.2) is 42.5 Å². The minimum absolute atomic E-state index is 0.112. The molecule has 0 spiro atoms. The first-order chi connectivity index (χ1) is 14.2. The Balaban J connectivity index is 1.70. The van der Waals surface area contributed by atoms with E-state index in [2.05, 4.69) is 9.72 Å². The van der Waals surface area contributed by atoms with Crippen molar-refractivity contribution in [3.8, 4) is 16.3 Å². The van der Waals surface area contributed by atoms with Gasteiger partial charge in [0.2, 0.25) is 0 Å². The molecule has 4 nitrogen and oxygen atoms in total. The third-order valence-electron chi connectivity index (χ3n) is 4.28. The molecule has 158 valence electrons. The summed E-state index contributed by atoms with van der Waals surface area (Å²) in [4.78, 5) is 16.6. The van der Waals surface area contributed by atoms with Crippen LogP contribution in [-0.2, 0) is 28.7 Å². The van der Waals surface area contributed by atoms with Crippen molar-refractivity contribution in [2.24, 2.45) is 0 Å². The lowest BCUT2D eigenvalue weighted by atomic mass is 10.1. The summed E-state index contributed by atoms with van der Waals surface area (Å²) >= 11 is 7.58. The minimum atomic E-state index is -4.37. The van der Waals surface area contributed by atoms with Gasteiger partial charge in [0.1, 0.15) is 17.4 Å². The third kappa shape index (κ3) is 5.31. The van der Waals surface area contributed by atoms with Crippen LogP contribution in [0.5, 0.6) is 5.75 Å². The number of thiazole rings is 1. The molecule has 0 saturated carbocycles. The van der Waals surface area contributed by atoms with Crippen molar-refractivity contribution in [3.05, 3.63) is 69.2 Å². The predicted molar refractivity (Wildman–Crippen MR) is 109 cm³/mol. The van der Waals surface area contributed by atoms with Crippen LogP contribution in [0.2, 0.25) is 5.02 Å². The summed E-state index contributed by atoms with van der Waals surface area (Å²) in [5.41, 5.74) is 1.34. The average molecular weight is 456 g/mol. The number of ether oxygens (including phenoxy) is 2. The Hall–Kier alpha value is -2.58. The Morgan fingerprint density at radius 2 is 1.87 bits per heavy atom. The summed E-state index contributed by atoms with van der Waals surface area (Å²) in [6, 6.07) is 9.93. The van der Waals surface area contributed by atoms with Gasteiger partial charge < -0.3 is 9.47 Å². The van der Waals surface area contributed by atoms with Crippen LogP contribution in [0.4, 0.5) is 13.2 Å². The molecular weight excluding hydrogens is 439 g/mol. The molecular formula is C21H17ClF3NO3S. The van der Waals surface area contributed by atoms with Gasteiger partial charge in [0.25, 0.3) is 0 Å². The van der Waals surface area contributed by atoms with Crippen molar-refractivity contribution < 1.29 is 27.4 Å². The summed E-state index contributed by atoms with van der Waals surface area (Å²) in [6.45, 7) is 2.02. The van der Waals surface area contributed by atoms with Gasteiger partial charge in [-0.15, -0.1) is 11.3 Å². The smallest absolute Gasteiger partial charge is 0.416 e. The average Bonchev–Trinajstić information content (AvgIpc) is 3.07. The van der Waals surface area contributed by atoms with E-state index in [0.29, 0.717) is 26.9 Å². The topological polar surface area (TPSA) is 48.4 Å². The quantitative estimate of drug-likeness (QED) is 0.422. The lowest BCUT2D eigenvalue weighted by Crippen LogP contribution is -2.04. The number of esters is 1. The molecule has 0 aliphatic rings. The van der Waals surface area contributed by atoms with Crippen LogP contribution in [0.25, 0.3) is 10.6 Å². The van der Waals surface area contributed by atoms with Gasteiger partial charge in [0, 0.05) is 5.56 Å². The molecule has 2 aromatic carbocycles. The lowest BCUT2D eigenvalue weighted by molar-refractivity contribution is -0.140. The molecule has 1 aromatic heterocycles. The Morgan fingerprint density at radius 1 is 1.17 bits per heavy atom. The van der Waals surface area contributed by atoms with E-state index in [4.69, 9.17) is 16.3 Å². The summed E-state index contributed by atoms with van der Waals surface area (Å²) in [6.07, 6.45) is -4.26. The summed E-state index contributed by atoms with van der Waals surface area (Å²) in [5.74, 6) is 0.0879. The monoisotopic (exact) mass is 455 g/mol. The highest BCUT2D eigenvalue weighted by molar-refractivity contribution is 7.15. The Morgan fingerprint density at radius 3 is 2.47 bits per heavy atom. The highest BCUT2D eigenvalue weighted by atomic mass is 35.5. The van der Waals surface area contributed by atoms with Crippen LogP contribution in [0.1, 0.15) is 21.7 Å². The molecule has 30 heavy (non-hydrogen) atoms. The fourth-order valence-electron chi connectivity index (χ4n) is 2.64. The second-order valence-corrected chi connectivity index (χ2v) is 7.90. The zero-order valence-corrected chi connectivity index (χ0v) is 17.6. The highest BCUT2D eigenvalue weighted by Crippen LogP contribution is 2.34. The van der Waals surface area contributed by atoms with E-state index in [1.54, 1.807) is 18.2 Å². The van der Waals surface area contributed by atoms with E-state index >= 15 is 0 Å². The number of methoxy groups -OCH3 is 1. The molecule has 3 rings (SSSR count). The van der Waals surface area contributed by atoms with Crippen molar-refractivity contribution >= 4 is 28.9 Å². The van der Waals surface area contributed by atoms with Crippen LogP contribution in [0, 0.1) is 6.92 Å². The van der Waals surface area contributed by atoms with E-state index in [0.717, 1.165) is 22.7 Å². The first kappa shape index (κ1) is 22.1. The fourth-order valence-corrected chi connectivity index (χ4v) is 3.88. The molecule has 0 N–H and O–H groups in total. The van der Waals surface area contributed by atoms with Gasteiger partial charge in [-0.2, -0.15) is 13.2 Å².